The summed E-state index contributed by atoms with van der Waals surface area (Å²) in [7, 11) is 0. The van der Waals surface area contributed by atoms with Crippen LogP contribution < -0.4 is 10.6 Å². The predicted octanol–water partition coefficient (Wildman–Crippen LogP) is 2.29. The van der Waals surface area contributed by atoms with Crippen molar-refractivity contribution >= 4 is 27.4 Å². The highest BCUT2D eigenvalue weighted by molar-refractivity contribution is 7.17. The van der Waals surface area contributed by atoms with E-state index in [2.05, 4.69) is 20.2 Å². The van der Waals surface area contributed by atoms with E-state index in [1.54, 1.807) is 23.7 Å². The second-order valence-corrected chi connectivity index (χ2v) is 6.15. The fraction of sp³-hybridized carbons (Fsp3) is 0.267. The van der Waals surface area contributed by atoms with Gasteiger partial charge in [0, 0.05) is 37.1 Å². The molecule has 1 aliphatic rings. The third-order valence-corrected chi connectivity index (χ3v) is 4.65. The van der Waals surface area contributed by atoms with Crippen molar-refractivity contribution in [2.75, 3.05) is 18.0 Å². The molecule has 1 atom stereocenters. The zero-order valence-electron chi connectivity index (χ0n) is 11.4. The SMILES string of the molecule is NC1CCN(c2nc(-c3ccncc3)nc3ccsc23)C1. The summed E-state index contributed by atoms with van der Waals surface area (Å²) in [6, 6.07) is 6.16. The standard InChI is InChI=1S/C15H15N5S/c16-11-3-7-20(9-11)15-13-12(4-8-21-13)18-14(19-15)10-1-5-17-6-2-10/h1-2,4-6,8,11H,3,7,9,16H2. The van der Waals surface area contributed by atoms with Crippen LogP contribution in [0.1, 0.15) is 6.42 Å². The topological polar surface area (TPSA) is 67.9 Å². The van der Waals surface area contributed by atoms with Crippen molar-refractivity contribution in [2.45, 2.75) is 12.5 Å². The van der Waals surface area contributed by atoms with Gasteiger partial charge in [0.05, 0.1) is 10.2 Å². The van der Waals surface area contributed by atoms with Gasteiger partial charge in [-0.25, -0.2) is 9.97 Å². The second-order valence-electron chi connectivity index (χ2n) is 5.24. The van der Waals surface area contributed by atoms with Gasteiger partial charge in [-0.1, -0.05) is 0 Å². The third kappa shape index (κ3) is 2.26. The molecule has 1 fully saturated rings. The quantitative estimate of drug-likeness (QED) is 0.786. The molecule has 4 heterocycles. The summed E-state index contributed by atoms with van der Waals surface area (Å²) >= 11 is 1.69. The van der Waals surface area contributed by atoms with E-state index in [-0.39, 0.29) is 6.04 Å². The maximum atomic E-state index is 6.04. The number of hydrogen-bond acceptors (Lipinski definition) is 6. The molecule has 21 heavy (non-hydrogen) atoms. The van der Waals surface area contributed by atoms with Crippen LogP contribution in [0.15, 0.2) is 36.0 Å². The van der Waals surface area contributed by atoms with Crippen molar-refractivity contribution in [3.63, 3.8) is 0 Å². The van der Waals surface area contributed by atoms with Crippen LogP contribution in [0.3, 0.4) is 0 Å². The van der Waals surface area contributed by atoms with Crippen LogP contribution in [0, 0.1) is 0 Å². The first-order chi connectivity index (χ1) is 10.3. The van der Waals surface area contributed by atoms with Gasteiger partial charge in [-0.05, 0) is 30.0 Å². The first kappa shape index (κ1) is 12.7. The zero-order valence-corrected chi connectivity index (χ0v) is 12.3. The molecule has 4 rings (SSSR count). The molecule has 2 N–H and O–H groups in total. The van der Waals surface area contributed by atoms with Crippen LogP contribution >= 0.6 is 11.3 Å². The van der Waals surface area contributed by atoms with Gasteiger partial charge < -0.3 is 10.6 Å². The Morgan fingerprint density at radius 1 is 1.19 bits per heavy atom. The maximum Gasteiger partial charge on any atom is 0.162 e. The molecule has 1 saturated heterocycles. The number of anilines is 1. The van der Waals surface area contributed by atoms with E-state index in [9.17, 15) is 0 Å². The van der Waals surface area contributed by atoms with Crippen molar-refractivity contribution in [1.82, 2.24) is 15.0 Å². The summed E-state index contributed by atoms with van der Waals surface area (Å²) < 4.78 is 1.14. The third-order valence-electron chi connectivity index (χ3n) is 3.75. The lowest BCUT2D eigenvalue weighted by molar-refractivity contribution is 0.751. The Morgan fingerprint density at radius 3 is 2.81 bits per heavy atom. The van der Waals surface area contributed by atoms with Gasteiger partial charge in [0.2, 0.25) is 0 Å². The van der Waals surface area contributed by atoms with Gasteiger partial charge >= 0.3 is 0 Å². The molecular weight excluding hydrogens is 282 g/mol. The van der Waals surface area contributed by atoms with E-state index in [1.165, 1.54) is 0 Å². The summed E-state index contributed by atoms with van der Waals surface area (Å²) in [5, 5.41) is 2.06. The number of pyridine rings is 1. The van der Waals surface area contributed by atoms with E-state index in [0.717, 1.165) is 46.9 Å². The lowest BCUT2D eigenvalue weighted by Crippen LogP contribution is -2.27. The van der Waals surface area contributed by atoms with Gasteiger partial charge in [-0.15, -0.1) is 11.3 Å². The van der Waals surface area contributed by atoms with Gasteiger partial charge in [0.25, 0.3) is 0 Å². The van der Waals surface area contributed by atoms with Crippen molar-refractivity contribution in [1.29, 1.82) is 0 Å². The van der Waals surface area contributed by atoms with Crippen LogP contribution in [0.4, 0.5) is 5.82 Å². The second kappa shape index (κ2) is 5.05. The number of nitrogens with two attached hydrogens (primary N) is 1. The molecule has 0 spiro atoms. The zero-order chi connectivity index (χ0) is 14.2. The molecule has 106 valence electrons. The van der Waals surface area contributed by atoms with Gasteiger partial charge in [0.1, 0.15) is 0 Å². The monoisotopic (exact) mass is 297 g/mol. The predicted molar refractivity (Wildman–Crippen MR) is 85.5 cm³/mol. The molecule has 5 nitrogen and oxygen atoms in total. The number of fused-ring (bicyclic) bond motifs is 1. The fourth-order valence-electron chi connectivity index (χ4n) is 2.67. The summed E-state index contributed by atoms with van der Waals surface area (Å²) in [6.07, 6.45) is 4.55. The molecule has 6 heteroatoms. The van der Waals surface area contributed by atoms with Crippen LogP contribution in [-0.2, 0) is 0 Å². The highest BCUT2D eigenvalue weighted by Gasteiger charge is 2.23. The molecular formula is C15H15N5S. The van der Waals surface area contributed by atoms with E-state index >= 15 is 0 Å². The highest BCUT2D eigenvalue weighted by atomic mass is 32.1. The summed E-state index contributed by atoms with van der Waals surface area (Å²) in [6.45, 7) is 1.82. The van der Waals surface area contributed by atoms with Crippen LogP contribution in [-0.4, -0.2) is 34.1 Å². The minimum Gasteiger partial charge on any atom is -0.354 e. The van der Waals surface area contributed by atoms with Crippen LogP contribution in [0.5, 0.6) is 0 Å². The molecule has 3 aromatic heterocycles. The van der Waals surface area contributed by atoms with Crippen LogP contribution in [0.2, 0.25) is 0 Å². The highest BCUT2D eigenvalue weighted by Crippen LogP contribution is 2.32. The van der Waals surface area contributed by atoms with Gasteiger partial charge in [-0.3, -0.25) is 4.98 Å². The molecule has 1 aliphatic heterocycles. The summed E-state index contributed by atoms with van der Waals surface area (Å²) in [5.41, 5.74) is 8.03. The van der Waals surface area contributed by atoms with Gasteiger partial charge in [-0.2, -0.15) is 0 Å². The maximum absolute atomic E-state index is 6.04. The minimum atomic E-state index is 0.236. The first-order valence-corrected chi connectivity index (χ1v) is 7.85. The molecule has 3 aromatic rings. The van der Waals surface area contributed by atoms with E-state index in [1.807, 2.05) is 18.2 Å². The lowest BCUT2D eigenvalue weighted by atomic mass is 10.2. The minimum absolute atomic E-state index is 0.236. The average molecular weight is 297 g/mol. The smallest absolute Gasteiger partial charge is 0.162 e. The first-order valence-electron chi connectivity index (χ1n) is 6.97. The number of rotatable bonds is 2. The number of thiophene rings is 1. The number of aromatic nitrogens is 3. The Hall–Kier alpha value is -2.05. The Labute approximate surface area is 126 Å². The molecule has 0 amide bonds. The van der Waals surface area contributed by atoms with E-state index < -0.39 is 0 Å². The van der Waals surface area contributed by atoms with Crippen molar-refractivity contribution in [3.05, 3.63) is 36.0 Å². The number of nitrogens with zero attached hydrogens (tertiary/aromatic N) is 4. The fourth-order valence-corrected chi connectivity index (χ4v) is 3.52. The molecule has 0 bridgehead atoms. The molecule has 0 saturated carbocycles. The van der Waals surface area contributed by atoms with E-state index in [0.29, 0.717) is 0 Å². The Bertz CT molecular complexity index is 770. The Morgan fingerprint density at radius 2 is 2.05 bits per heavy atom. The van der Waals surface area contributed by atoms with Gasteiger partial charge in [0.15, 0.2) is 11.6 Å². The van der Waals surface area contributed by atoms with Crippen molar-refractivity contribution in [3.8, 4) is 11.4 Å². The lowest BCUT2D eigenvalue weighted by Gasteiger charge is -2.18. The Kier molecular flexibility index (Phi) is 3.05. The molecule has 0 aliphatic carbocycles. The normalized spacial score (nSPS) is 18.5. The average Bonchev–Trinajstić information content (AvgIpc) is 3.15. The number of hydrogen-bond donors (Lipinski definition) is 1. The van der Waals surface area contributed by atoms with E-state index in [4.69, 9.17) is 10.7 Å². The van der Waals surface area contributed by atoms with Crippen LogP contribution in [0.25, 0.3) is 21.6 Å². The largest absolute Gasteiger partial charge is 0.354 e. The molecule has 0 radical (unpaired) electrons. The van der Waals surface area contributed by atoms with Crippen molar-refractivity contribution < 1.29 is 0 Å². The molecule has 0 aromatic carbocycles. The van der Waals surface area contributed by atoms with Crippen molar-refractivity contribution in [2.24, 2.45) is 5.73 Å². The Balaban J connectivity index is 1.87. The summed E-state index contributed by atoms with van der Waals surface area (Å²) in [4.78, 5) is 15.8. The molecule has 1 unspecified atom stereocenters. The summed E-state index contributed by atoms with van der Waals surface area (Å²) in [5.74, 6) is 1.76.